The maximum atomic E-state index is 13.4. The lowest BCUT2D eigenvalue weighted by Crippen LogP contribution is -2.30. The Balaban J connectivity index is 1.42. The second kappa shape index (κ2) is 14.5. The number of benzene rings is 3. The van der Waals surface area contributed by atoms with Crippen LogP contribution in [-0.4, -0.2) is 38.2 Å². The Morgan fingerprint density at radius 1 is 0.976 bits per heavy atom. The van der Waals surface area contributed by atoms with Crippen LogP contribution in [0.4, 0.5) is 21.9 Å². The van der Waals surface area contributed by atoms with Crippen LogP contribution < -0.4 is 20.3 Å². The average molecular weight is 572 g/mol. The molecule has 3 aromatic rings. The molecule has 0 aliphatic carbocycles. The molecule has 42 heavy (non-hydrogen) atoms. The Kier molecular flexibility index (Phi) is 10.6. The summed E-state index contributed by atoms with van der Waals surface area (Å²) < 4.78 is 10.7. The summed E-state index contributed by atoms with van der Waals surface area (Å²) in [6.07, 6.45) is 4.38. The Morgan fingerprint density at radius 3 is 2.50 bits per heavy atom. The van der Waals surface area contributed by atoms with E-state index in [1.807, 2.05) is 55.1 Å². The third-order valence-electron chi connectivity index (χ3n) is 7.66. The lowest BCUT2D eigenvalue weighted by Gasteiger charge is -2.20. The predicted octanol–water partition coefficient (Wildman–Crippen LogP) is 7.01. The van der Waals surface area contributed by atoms with E-state index in [1.165, 1.54) is 7.11 Å². The summed E-state index contributed by atoms with van der Waals surface area (Å²) in [5.41, 5.74) is 6.17. The molecule has 4 rings (SSSR count). The number of rotatable bonds is 12. The van der Waals surface area contributed by atoms with Gasteiger partial charge in [0.25, 0.3) is 0 Å². The largest absolute Gasteiger partial charge is 0.495 e. The van der Waals surface area contributed by atoms with Crippen molar-refractivity contribution >= 4 is 35.0 Å². The maximum Gasteiger partial charge on any atom is 0.323 e. The van der Waals surface area contributed by atoms with E-state index < -0.39 is 0 Å². The maximum absolute atomic E-state index is 13.4. The highest BCUT2D eigenvalue weighted by Crippen LogP contribution is 2.35. The van der Waals surface area contributed by atoms with Gasteiger partial charge in [0.2, 0.25) is 5.91 Å². The zero-order valence-corrected chi connectivity index (χ0v) is 25.0. The van der Waals surface area contributed by atoms with Gasteiger partial charge in [-0.15, -0.1) is 0 Å². The fraction of sp³-hybridized carbons (Fsp3) is 0.382. The van der Waals surface area contributed by atoms with Crippen LogP contribution in [0.3, 0.4) is 0 Å². The molecule has 1 unspecified atom stereocenters. The molecule has 8 heteroatoms. The Bertz CT molecular complexity index is 1420. The van der Waals surface area contributed by atoms with Crippen LogP contribution in [0.1, 0.15) is 67.7 Å². The number of methoxy groups -OCH3 is 1. The molecule has 0 aromatic heterocycles. The second-order valence-electron chi connectivity index (χ2n) is 10.6. The summed E-state index contributed by atoms with van der Waals surface area (Å²) >= 11 is 0. The van der Waals surface area contributed by atoms with Crippen molar-refractivity contribution in [1.82, 2.24) is 0 Å². The lowest BCUT2D eigenvalue weighted by atomic mass is 9.89. The summed E-state index contributed by atoms with van der Waals surface area (Å²) in [6.45, 7) is 6.90. The van der Waals surface area contributed by atoms with E-state index in [-0.39, 0.29) is 30.2 Å². The van der Waals surface area contributed by atoms with Crippen molar-refractivity contribution in [3.05, 3.63) is 82.9 Å². The van der Waals surface area contributed by atoms with Gasteiger partial charge in [0, 0.05) is 17.9 Å². The van der Waals surface area contributed by atoms with Crippen molar-refractivity contribution in [3.8, 4) is 5.75 Å². The van der Waals surface area contributed by atoms with Gasteiger partial charge in [0.15, 0.2) is 0 Å². The van der Waals surface area contributed by atoms with Gasteiger partial charge in [-0.25, -0.2) is 4.79 Å². The molecule has 0 fully saturated rings. The lowest BCUT2D eigenvalue weighted by molar-refractivity contribution is -0.143. The van der Waals surface area contributed by atoms with Crippen molar-refractivity contribution in [2.75, 3.05) is 35.8 Å². The number of nitrogens with zero attached hydrogens (tertiary/aromatic N) is 1. The van der Waals surface area contributed by atoms with Crippen LogP contribution in [0.2, 0.25) is 0 Å². The fourth-order valence-corrected chi connectivity index (χ4v) is 5.40. The summed E-state index contributed by atoms with van der Waals surface area (Å²) in [5, 5.41) is 5.68. The molecule has 3 amide bonds. The average Bonchev–Trinajstić information content (AvgIpc) is 3.41. The fourth-order valence-electron chi connectivity index (χ4n) is 5.40. The number of hydrogen-bond donors (Lipinski definition) is 2. The number of esters is 1. The molecule has 1 aliphatic rings. The number of ether oxygens (including phenoxy) is 2. The van der Waals surface area contributed by atoms with Crippen LogP contribution in [0, 0.1) is 6.92 Å². The van der Waals surface area contributed by atoms with E-state index in [0.717, 1.165) is 59.3 Å². The first kappa shape index (κ1) is 30.6. The van der Waals surface area contributed by atoms with Crippen molar-refractivity contribution in [3.63, 3.8) is 0 Å². The van der Waals surface area contributed by atoms with E-state index in [4.69, 9.17) is 9.47 Å². The number of unbranched alkanes of at least 4 members (excludes halogenated alkanes) is 1. The normalized spacial score (nSPS) is 12.8. The summed E-state index contributed by atoms with van der Waals surface area (Å²) in [7, 11) is 1.54. The molecule has 0 saturated heterocycles. The SMILES string of the molecule is CCCCC(CC(=O)OCC)c1ccc2c(c1)CCN2C(=O)Cc1ccc(NC(=O)Nc2ccccc2C)c(OC)c1. The van der Waals surface area contributed by atoms with Crippen LogP contribution in [0.5, 0.6) is 5.75 Å². The van der Waals surface area contributed by atoms with Crippen molar-refractivity contribution in [2.45, 2.75) is 65.2 Å². The number of nitrogens with one attached hydrogen (secondary N) is 2. The van der Waals surface area contributed by atoms with Crippen molar-refractivity contribution in [2.24, 2.45) is 0 Å². The van der Waals surface area contributed by atoms with Gasteiger partial charge in [-0.05, 0) is 79.1 Å². The zero-order valence-electron chi connectivity index (χ0n) is 25.0. The van der Waals surface area contributed by atoms with E-state index in [2.05, 4.69) is 29.7 Å². The summed E-state index contributed by atoms with van der Waals surface area (Å²) in [4.78, 5) is 40.1. The molecular weight excluding hydrogens is 530 g/mol. The number of urea groups is 1. The number of amides is 3. The zero-order chi connectivity index (χ0) is 30.1. The monoisotopic (exact) mass is 571 g/mol. The third-order valence-corrected chi connectivity index (χ3v) is 7.66. The molecule has 1 aliphatic heterocycles. The highest BCUT2D eigenvalue weighted by atomic mass is 16.5. The molecule has 1 heterocycles. The van der Waals surface area contributed by atoms with Gasteiger partial charge in [0.1, 0.15) is 5.75 Å². The highest BCUT2D eigenvalue weighted by molar-refractivity contribution is 6.01. The minimum absolute atomic E-state index is 0.00406. The van der Waals surface area contributed by atoms with Gasteiger partial charge in [-0.2, -0.15) is 0 Å². The minimum Gasteiger partial charge on any atom is -0.495 e. The summed E-state index contributed by atoms with van der Waals surface area (Å²) in [5.74, 6) is 0.416. The molecule has 3 aromatic carbocycles. The number of fused-ring (bicyclic) bond motifs is 1. The van der Waals surface area contributed by atoms with Crippen LogP contribution in [0.25, 0.3) is 0 Å². The van der Waals surface area contributed by atoms with Gasteiger partial charge < -0.3 is 25.0 Å². The molecule has 8 nitrogen and oxygen atoms in total. The van der Waals surface area contributed by atoms with Gasteiger partial charge in [-0.3, -0.25) is 9.59 Å². The molecule has 2 N–H and O–H groups in total. The van der Waals surface area contributed by atoms with E-state index in [9.17, 15) is 14.4 Å². The molecule has 222 valence electrons. The number of anilines is 3. The molecule has 0 spiro atoms. The molecule has 1 atom stereocenters. The first-order valence-electron chi connectivity index (χ1n) is 14.7. The third kappa shape index (κ3) is 7.69. The smallest absolute Gasteiger partial charge is 0.323 e. The van der Waals surface area contributed by atoms with E-state index >= 15 is 0 Å². The Labute approximate surface area is 248 Å². The predicted molar refractivity (Wildman–Crippen MR) is 167 cm³/mol. The highest BCUT2D eigenvalue weighted by Gasteiger charge is 2.27. The summed E-state index contributed by atoms with van der Waals surface area (Å²) in [6, 6.07) is 18.8. The van der Waals surface area contributed by atoms with Crippen LogP contribution in [-0.2, 0) is 27.2 Å². The number of carbonyl (C=O) groups is 3. The molecule has 0 bridgehead atoms. The first-order valence-corrected chi connectivity index (χ1v) is 14.7. The topological polar surface area (TPSA) is 97.0 Å². The van der Waals surface area contributed by atoms with E-state index in [1.54, 1.807) is 12.1 Å². The standard InChI is InChI=1S/C34H41N3O5/c1-5-7-11-25(22-33(39)42-6-2)26-14-16-30-27(21-26)17-18-37(30)32(38)20-24-13-15-29(31(19-24)41-4)36-34(40)35-28-12-9-8-10-23(28)3/h8-10,12-16,19,21,25H,5-7,11,17-18,20,22H2,1-4H3,(H2,35,36,40). The molecule has 0 saturated carbocycles. The second-order valence-corrected chi connectivity index (χ2v) is 10.6. The van der Waals surface area contributed by atoms with Gasteiger partial charge >= 0.3 is 12.0 Å². The van der Waals surface area contributed by atoms with Gasteiger partial charge in [-0.1, -0.05) is 56.2 Å². The minimum atomic E-state index is -0.376. The van der Waals surface area contributed by atoms with Crippen LogP contribution >= 0.6 is 0 Å². The first-order chi connectivity index (χ1) is 20.3. The van der Waals surface area contributed by atoms with Crippen molar-refractivity contribution in [1.29, 1.82) is 0 Å². The quantitative estimate of drug-likeness (QED) is 0.228. The number of carbonyl (C=O) groups excluding carboxylic acids is 3. The van der Waals surface area contributed by atoms with E-state index in [0.29, 0.717) is 31.0 Å². The Hall–Kier alpha value is -4.33. The number of aryl methyl sites for hydroxylation is 1. The molecule has 0 radical (unpaired) electrons. The van der Waals surface area contributed by atoms with Crippen molar-refractivity contribution < 1.29 is 23.9 Å². The van der Waals surface area contributed by atoms with Gasteiger partial charge in [0.05, 0.1) is 32.2 Å². The van der Waals surface area contributed by atoms with Crippen LogP contribution in [0.15, 0.2) is 60.7 Å². The number of para-hydroxylation sites is 1. The Morgan fingerprint density at radius 2 is 1.76 bits per heavy atom. The number of hydrogen-bond acceptors (Lipinski definition) is 5. The molecular formula is C34H41N3O5.